The molecule has 0 unspecified atom stereocenters. The van der Waals surface area contributed by atoms with E-state index in [4.69, 9.17) is 11.6 Å². The highest BCUT2D eigenvalue weighted by Crippen LogP contribution is 2.27. The Morgan fingerprint density at radius 2 is 1.88 bits per heavy atom. The van der Waals surface area contributed by atoms with Gasteiger partial charge in [-0.15, -0.1) is 0 Å². The number of hydrogen-bond acceptors (Lipinski definition) is 3. The number of benzene rings is 2. The van der Waals surface area contributed by atoms with E-state index in [2.05, 4.69) is 0 Å². The molecule has 122 valence electrons. The number of imide groups is 1. The largest absolute Gasteiger partial charge is 0.506 e. The van der Waals surface area contributed by atoms with Gasteiger partial charge in [0.25, 0.3) is 5.91 Å². The number of aromatic hydroxyl groups is 1. The Balaban J connectivity index is 1.73. The maximum absolute atomic E-state index is 12.4. The summed E-state index contributed by atoms with van der Waals surface area (Å²) in [4.78, 5) is 25.9. The molecule has 4 nitrogen and oxygen atoms in total. The van der Waals surface area contributed by atoms with Crippen LogP contribution in [0.15, 0.2) is 54.1 Å². The molecule has 0 spiro atoms. The van der Waals surface area contributed by atoms with Gasteiger partial charge >= 0.3 is 0 Å². The van der Waals surface area contributed by atoms with Gasteiger partial charge in [0.15, 0.2) is 0 Å². The van der Waals surface area contributed by atoms with Crippen molar-refractivity contribution in [2.24, 2.45) is 0 Å². The summed E-state index contributed by atoms with van der Waals surface area (Å²) >= 11 is 5.87. The molecule has 0 bridgehead atoms. The van der Waals surface area contributed by atoms with Crippen molar-refractivity contribution in [2.75, 3.05) is 6.54 Å². The molecule has 0 atom stereocenters. The number of halogens is 1. The molecule has 0 radical (unpaired) electrons. The smallest absolute Gasteiger partial charge is 0.256 e. The molecule has 24 heavy (non-hydrogen) atoms. The molecule has 2 aromatic carbocycles. The predicted molar refractivity (Wildman–Crippen MR) is 92.6 cm³/mol. The number of carbonyl (C=O) groups is 2. The number of phenolic OH excluding ortho intramolecular Hbond substituents is 1. The van der Waals surface area contributed by atoms with Crippen LogP contribution in [0.25, 0.3) is 6.08 Å². The third kappa shape index (κ3) is 3.49. The maximum atomic E-state index is 12.4. The van der Waals surface area contributed by atoms with Crippen molar-refractivity contribution in [3.05, 3.63) is 70.3 Å². The van der Waals surface area contributed by atoms with Gasteiger partial charge in [-0.2, -0.15) is 0 Å². The van der Waals surface area contributed by atoms with E-state index in [0.717, 1.165) is 5.56 Å². The second-order valence-electron chi connectivity index (χ2n) is 5.64. The van der Waals surface area contributed by atoms with Gasteiger partial charge < -0.3 is 5.11 Å². The van der Waals surface area contributed by atoms with E-state index in [9.17, 15) is 14.7 Å². The summed E-state index contributed by atoms with van der Waals surface area (Å²) in [5.41, 5.74) is 2.20. The van der Waals surface area contributed by atoms with E-state index in [0.29, 0.717) is 24.1 Å². The van der Waals surface area contributed by atoms with E-state index in [1.807, 2.05) is 30.3 Å². The van der Waals surface area contributed by atoms with Crippen LogP contribution in [0.3, 0.4) is 0 Å². The quantitative estimate of drug-likeness (QED) is 0.684. The number of carbonyl (C=O) groups excluding carboxylic acids is 2. The molecule has 3 rings (SSSR count). The van der Waals surface area contributed by atoms with Gasteiger partial charge in [-0.1, -0.05) is 48.0 Å². The lowest BCUT2D eigenvalue weighted by Gasteiger charge is -2.13. The van der Waals surface area contributed by atoms with E-state index in [1.54, 1.807) is 18.2 Å². The molecule has 5 heteroatoms. The SMILES string of the molecule is O=C1CC(=Cc2ccc(O)c(Cl)c2)C(=O)N1CCc1ccccc1. The minimum absolute atomic E-state index is 0.0165. The molecule has 1 fully saturated rings. The Kier molecular flexibility index (Phi) is 4.67. The van der Waals surface area contributed by atoms with Crippen LogP contribution < -0.4 is 0 Å². The summed E-state index contributed by atoms with van der Waals surface area (Å²) in [6, 6.07) is 14.4. The molecular formula is C19H16ClNO3. The van der Waals surface area contributed by atoms with Crippen LogP contribution in [0, 0.1) is 0 Å². The standard InChI is InChI=1S/C19H16ClNO3/c20-16-11-14(6-7-17(16)22)10-15-12-18(23)21(19(15)24)9-8-13-4-2-1-3-5-13/h1-7,10-11,22H,8-9,12H2. The number of phenols is 1. The van der Waals surface area contributed by atoms with Crippen molar-refractivity contribution in [1.29, 1.82) is 0 Å². The molecule has 1 aliphatic rings. The third-order valence-electron chi connectivity index (χ3n) is 3.94. The van der Waals surface area contributed by atoms with Crippen molar-refractivity contribution in [3.8, 4) is 5.75 Å². The van der Waals surface area contributed by atoms with Crippen molar-refractivity contribution in [2.45, 2.75) is 12.8 Å². The normalized spacial score (nSPS) is 16.2. The Morgan fingerprint density at radius 3 is 2.58 bits per heavy atom. The Morgan fingerprint density at radius 1 is 1.12 bits per heavy atom. The molecule has 2 amide bonds. The van der Waals surface area contributed by atoms with E-state index in [-0.39, 0.29) is 29.0 Å². The van der Waals surface area contributed by atoms with Crippen molar-refractivity contribution >= 4 is 29.5 Å². The first kappa shape index (κ1) is 16.3. The summed E-state index contributed by atoms with van der Waals surface area (Å²) in [6.07, 6.45) is 2.37. The number of likely N-dealkylation sites (tertiary alicyclic amines) is 1. The van der Waals surface area contributed by atoms with Gasteiger partial charge in [-0.3, -0.25) is 14.5 Å². The van der Waals surface area contributed by atoms with Crippen molar-refractivity contribution in [3.63, 3.8) is 0 Å². The minimum Gasteiger partial charge on any atom is -0.506 e. The Hall–Kier alpha value is -2.59. The zero-order valence-corrected chi connectivity index (χ0v) is 13.7. The number of rotatable bonds is 4. The van der Waals surface area contributed by atoms with Crippen LogP contribution in [0.5, 0.6) is 5.75 Å². The molecule has 1 heterocycles. The molecule has 1 aliphatic heterocycles. The first-order valence-corrected chi connectivity index (χ1v) is 8.00. The van der Waals surface area contributed by atoms with Crippen molar-refractivity contribution < 1.29 is 14.7 Å². The van der Waals surface area contributed by atoms with Gasteiger partial charge in [0.2, 0.25) is 5.91 Å². The predicted octanol–water partition coefficient (Wildman–Crippen LogP) is 3.43. The monoisotopic (exact) mass is 341 g/mol. The second kappa shape index (κ2) is 6.89. The van der Waals surface area contributed by atoms with Gasteiger partial charge in [-0.25, -0.2) is 0 Å². The number of nitrogens with zero attached hydrogens (tertiary/aromatic N) is 1. The van der Waals surface area contributed by atoms with Crippen LogP contribution >= 0.6 is 11.6 Å². The zero-order chi connectivity index (χ0) is 17.1. The third-order valence-corrected chi connectivity index (χ3v) is 4.24. The fourth-order valence-corrected chi connectivity index (χ4v) is 2.85. The lowest BCUT2D eigenvalue weighted by molar-refractivity contribution is -0.137. The summed E-state index contributed by atoms with van der Waals surface area (Å²) in [5.74, 6) is -0.468. The Bertz CT molecular complexity index is 815. The topological polar surface area (TPSA) is 57.6 Å². The molecule has 2 aromatic rings. The summed E-state index contributed by atoms with van der Waals surface area (Å²) < 4.78 is 0. The fraction of sp³-hybridized carbons (Fsp3) is 0.158. The molecular weight excluding hydrogens is 326 g/mol. The minimum atomic E-state index is -0.264. The Labute approximate surface area is 145 Å². The van der Waals surface area contributed by atoms with Crippen molar-refractivity contribution in [1.82, 2.24) is 4.90 Å². The summed E-state index contributed by atoms with van der Waals surface area (Å²) in [6.45, 7) is 0.370. The van der Waals surface area contributed by atoms with Gasteiger partial charge in [0, 0.05) is 12.1 Å². The second-order valence-corrected chi connectivity index (χ2v) is 6.05. The van der Waals surface area contributed by atoms with E-state index >= 15 is 0 Å². The maximum Gasteiger partial charge on any atom is 0.256 e. The molecule has 0 saturated carbocycles. The van der Waals surface area contributed by atoms with Crippen LogP contribution in [-0.2, 0) is 16.0 Å². The van der Waals surface area contributed by atoms with Gasteiger partial charge in [-0.05, 0) is 35.8 Å². The zero-order valence-electron chi connectivity index (χ0n) is 12.9. The first-order valence-electron chi connectivity index (χ1n) is 7.62. The number of hydrogen-bond donors (Lipinski definition) is 1. The van der Waals surface area contributed by atoms with Crippen LogP contribution in [0.4, 0.5) is 0 Å². The first-order chi connectivity index (χ1) is 11.5. The lowest BCUT2D eigenvalue weighted by Crippen LogP contribution is -2.31. The molecule has 1 saturated heterocycles. The summed E-state index contributed by atoms with van der Waals surface area (Å²) in [5, 5.41) is 9.65. The molecule has 1 N–H and O–H groups in total. The van der Waals surface area contributed by atoms with E-state index < -0.39 is 0 Å². The van der Waals surface area contributed by atoms with E-state index in [1.165, 1.54) is 11.0 Å². The average molecular weight is 342 g/mol. The average Bonchev–Trinajstić information content (AvgIpc) is 2.84. The van der Waals surface area contributed by atoms with Crippen LogP contribution in [-0.4, -0.2) is 28.4 Å². The summed E-state index contributed by atoms with van der Waals surface area (Å²) in [7, 11) is 0. The highest BCUT2D eigenvalue weighted by Gasteiger charge is 2.33. The fourth-order valence-electron chi connectivity index (χ4n) is 2.66. The molecule has 0 aliphatic carbocycles. The van der Waals surface area contributed by atoms with Crippen LogP contribution in [0.1, 0.15) is 17.5 Å². The highest BCUT2D eigenvalue weighted by molar-refractivity contribution is 6.32. The lowest BCUT2D eigenvalue weighted by atomic mass is 10.1. The molecule has 0 aromatic heterocycles. The van der Waals surface area contributed by atoms with Gasteiger partial charge in [0.1, 0.15) is 5.75 Å². The van der Waals surface area contributed by atoms with Crippen LogP contribution in [0.2, 0.25) is 5.02 Å². The van der Waals surface area contributed by atoms with Gasteiger partial charge in [0.05, 0.1) is 11.4 Å². The highest BCUT2D eigenvalue weighted by atomic mass is 35.5. The number of amides is 2.